The van der Waals surface area contributed by atoms with E-state index in [1.807, 2.05) is 60.9 Å². The quantitative estimate of drug-likeness (QED) is 0.470. The number of para-hydroxylation sites is 2. The minimum atomic E-state index is 0.808. The molecule has 20 heavy (non-hydrogen) atoms. The van der Waals surface area contributed by atoms with Crippen LogP contribution in [-0.4, -0.2) is 9.97 Å². The predicted octanol–water partition coefficient (Wildman–Crippen LogP) is 3.98. The van der Waals surface area contributed by atoms with Crippen molar-refractivity contribution in [2.45, 2.75) is 0 Å². The molecule has 0 unspecified atom stereocenters. The van der Waals surface area contributed by atoms with Gasteiger partial charge in [0.25, 0.3) is 0 Å². The number of anilines is 1. The molecule has 0 saturated heterocycles. The molecule has 0 aliphatic rings. The standard InChI is InChI=1S/C9H7N.C8H8N2/c1-2-6-9-8(4-1)5-3-7-10-9;9-7-3-1-2-6-4-5-10-8(6)7/h1-7H;1-5,10H,9H2. The Morgan fingerprint density at radius 2 is 1.60 bits per heavy atom. The topological polar surface area (TPSA) is 54.7 Å². The lowest BCUT2D eigenvalue weighted by molar-refractivity contribution is 1.41. The molecule has 2 aromatic heterocycles. The van der Waals surface area contributed by atoms with E-state index < -0.39 is 0 Å². The first kappa shape index (κ1) is 12.2. The van der Waals surface area contributed by atoms with E-state index in [9.17, 15) is 0 Å². The summed E-state index contributed by atoms with van der Waals surface area (Å²) in [7, 11) is 0. The summed E-state index contributed by atoms with van der Waals surface area (Å²) >= 11 is 0. The van der Waals surface area contributed by atoms with Crippen LogP contribution in [0.5, 0.6) is 0 Å². The third kappa shape index (κ3) is 2.47. The van der Waals surface area contributed by atoms with E-state index in [-0.39, 0.29) is 0 Å². The minimum absolute atomic E-state index is 0.808. The number of H-pyrrole nitrogens is 1. The van der Waals surface area contributed by atoms with Crippen LogP contribution in [0.4, 0.5) is 5.69 Å². The van der Waals surface area contributed by atoms with Gasteiger partial charge in [0, 0.05) is 23.2 Å². The second-order valence-corrected chi connectivity index (χ2v) is 4.49. The SMILES string of the molecule is Nc1cccc2cc[nH]c12.c1ccc2ncccc2c1. The van der Waals surface area contributed by atoms with Crippen LogP contribution in [0.3, 0.4) is 0 Å². The molecule has 2 aromatic carbocycles. The van der Waals surface area contributed by atoms with Crippen molar-refractivity contribution in [3.05, 3.63) is 73.1 Å². The molecular formula is C17H15N3. The Morgan fingerprint density at radius 3 is 2.45 bits per heavy atom. The third-order valence-corrected chi connectivity index (χ3v) is 3.13. The second kappa shape index (κ2) is 5.45. The van der Waals surface area contributed by atoms with Crippen LogP contribution in [0.1, 0.15) is 0 Å². The number of aromatic nitrogens is 2. The molecule has 0 aliphatic carbocycles. The Balaban J connectivity index is 0.000000121. The molecule has 0 aliphatic heterocycles. The van der Waals surface area contributed by atoms with Gasteiger partial charge in [-0.1, -0.05) is 36.4 Å². The average Bonchev–Trinajstić information content (AvgIpc) is 2.98. The molecule has 3 nitrogen and oxygen atoms in total. The fourth-order valence-corrected chi connectivity index (χ4v) is 2.13. The zero-order chi connectivity index (χ0) is 13.8. The first-order valence-corrected chi connectivity index (χ1v) is 6.46. The van der Waals surface area contributed by atoms with Gasteiger partial charge in [0.15, 0.2) is 0 Å². The van der Waals surface area contributed by atoms with Crippen molar-refractivity contribution in [1.82, 2.24) is 9.97 Å². The monoisotopic (exact) mass is 261 g/mol. The number of nitrogen functional groups attached to an aromatic ring is 1. The van der Waals surface area contributed by atoms with Gasteiger partial charge in [0.2, 0.25) is 0 Å². The maximum Gasteiger partial charge on any atom is 0.0701 e. The maximum absolute atomic E-state index is 5.67. The highest BCUT2D eigenvalue weighted by molar-refractivity contribution is 5.89. The highest BCUT2D eigenvalue weighted by Gasteiger charge is 1.94. The molecule has 0 spiro atoms. The van der Waals surface area contributed by atoms with Crippen molar-refractivity contribution in [2.24, 2.45) is 0 Å². The van der Waals surface area contributed by atoms with Gasteiger partial charge < -0.3 is 10.7 Å². The highest BCUT2D eigenvalue weighted by atomic mass is 14.7. The summed E-state index contributed by atoms with van der Waals surface area (Å²) in [6.07, 6.45) is 3.70. The smallest absolute Gasteiger partial charge is 0.0701 e. The molecule has 0 bridgehead atoms. The highest BCUT2D eigenvalue weighted by Crippen LogP contribution is 2.17. The Kier molecular flexibility index (Phi) is 3.33. The Labute approximate surface area is 117 Å². The molecule has 0 atom stereocenters. The van der Waals surface area contributed by atoms with Crippen LogP contribution in [0.25, 0.3) is 21.8 Å². The summed E-state index contributed by atoms with van der Waals surface area (Å²) in [5.41, 5.74) is 8.57. The van der Waals surface area contributed by atoms with Crippen molar-refractivity contribution < 1.29 is 0 Å². The molecule has 3 heteroatoms. The van der Waals surface area contributed by atoms with E-state index in [0.717, 1.165) is 16.7 Å². The first-order chi connectivity index (χ1) is 9.84. The maximum atomic E-state index is 5.67. The van der Waals surface area contributed by atoms with Gasteiger partial charge >= 0.3 is 0 Å². The fraction of sp³-hybridized carbons (Fsp3) is 0. The lowest BCUT2D eigenvalue weighted by Gasteiger charge is -1.92. The van der Waals surface area contributed by atoms with Crippen molar-refractivity contribution in [3.63, 3.8) is 0 Å². The predicted molar refractivity (Wildman–Crippen MR) is 84.5 cm³/mol. The van der Waals surface area contributed by atoms with E-state index in [1.165, 1.54) is 10.8 Å². The summed E-state index contributed by atoms with van der Waals surface area (Å²) in [6.45, 7) is 0. The molecule has 0 amide bonds. The number of rotatable bonds is 0. The number of hydrogen-bond donors (Lipinski definition) is 2. The second-order valence-electron chi connectivity index (χ2n) is 4.49. The van der Waals surface area contributed by atoms with Crippen LogP contribution >= 0.6 is 0 Å². The summed E-state index contributed by atoms with van der Waals surface area (Å²) in [4.78, 5) is 7.24. The van der Waals surface area contributed by atoms with E-state index in [1.54, 1.807) is 0 Å². The van der Waals surface area contributed by atoms with Gasteiger partial charge in [0.05, 0.1) is 16.7 Å². The van der Waals surface area contributed by atoms with Crippen LogP contribution < -0.4 is 5.73 Å². The van der Waals surface area contributed by atoms with Crippen molar-refractivity contribution in [2.75, 3.05) is 5.73 Å². The summed E-state index contributed by atoms with van der Waals surface area (Å²) in [5.74, 6) is 0. The zero-order valence-corrected chi connectivity index (χ0v) is 11.0. The number of fused-ring (bicyclic) bond motifs is 2. The van der Waals surface area contributed by atoms with Gasteiger partial charge in [-0.15, -0.1) is 0 Å². The molecule has 0 fully saturated rings. The Bertz CT molecular complexity index is 768. The molecule has 2 heterocycles. The van der Waals surface area contributed by atoms with Gasteiger partial charge in [-0.3, -0.25) is 4.98 Å². The van der Waals surface area contributed by atoms with Gasteiger partial charge in [-0.05, 0) is 24.3 Å². The number of nitrogens with zero attached hydrogens (tertiary/aromatic N) is 1. The van der Waals surface area contributed by atoms with Crippen LogP contribution in [0.15, 0.2) is 73.1 Å². The average molecular weight is 261 g/mol. The molecule has 0 radical (unpaired) electrons. The summed E-state index contributed by atoms with van der Waals surface area (Å²) in [6, 6.07) is 20.0. The van der Waals surface area contributed by atoms with E-state index in [0.29, 0.717) is 0 Å². The largest absolute Gasteiger partial charge is 0.397 e. The fourth-order valence-electron chi connectivity index (χ4n) is 2.13. The number of aromatic amines is 1. The number of benzene rings is 2. The minimum Gasteiger partial charge on any atom is -0.397 e. The van der Waals surface area contributed by atoms with Crippen molar-refractivity contribution in [3.8, 4) is 0 Å². The number of nitrogens with two attached hydrogens (primary N) is 1. The molecular weight excluding hydrogens is 246 g/mol. The number of hydrogen-bond acceptors (Lipinski definition) is 2. The third-order valence-electron chi connectivity index (χ3n) is 3.13. The Hall–Kier alpha value is -2.81. The van der Waals surface area contributed by atoms with E-state index >= 15 is 0 Å². The molecule has 4 rings (SSSR count). The van der Waals surface area contributed by atoms with E-state index in [4.69, 9.17) is 5.73 Å². The summed E-state index contributed by atoms with van der Waals surface area (Å²) < 4.78 is 0. The van der Waals surface area contributed by atoms with Crippen molar-refractivity contribution >= 4 is 27.5 Å². The number of nitrogens with one attached hydrogen (secondary N) is 1. The van der Waals surface area contributed by atoms with Gasteiger partial charge in [-0.2, -0.15) is 0 Å². The molecule has 0 saturated carbocycles. The lowest BCUT2D eigenvalue weighted by Crippen LogP contribution is -1.84. The lowest BCUT2D eigenvalue weighted by atomic mass is 10.2. The normalized spacial score (nSPS) is 10.2. The number of pyridine rings is 1. The first-order valence-electron chi connectivity index (χ1n) is 6.46. The zero-order valence-electron chi connectivity index (χ0n) is 11.0. The van der Waals surface area contributed by atoms with E-state index in [2.05, 4.69) is 22.1 Å². The van der Waals surface area contributed by atoms with Crippen LogP contribution in [0, 0.1) is 0 Å². The van der Waals surface area contributed by atoms with Crippen LogP contribution in [0.2, 0.25) is 0 Å². The van der Waals surface area contributed by atoms with Gasteiger partial charge in [0.1, 0.15) is 0 Å². The van der Waals surface area contributed by atoms with Gasteiger partial charge in [-0.25, -0.2) is 0 Å². The molecule has 3 N–H and O–H groups in total. The summed E-state index contributed by atoms with van der Waals surface area (Å²) in [5, 5.41) is 2.37. The molecule has 4 aromatic rings. The Morgan fingerprint density at radius 1 is 0.800 bits per heavy atom. The van der Waals surface area contributed by atoms with Crippen LogP contribution in [-0.2, 0) is 0 Å². The molecule has 98 valence electrons. The van der Waals surface area contributed by atoms with Crippen molar-refractivity contribution in [1.29, 1.82) is 0 Å².